The number of nitrogens with zero attached hydrogens (tertiary/aromatic N) is 4. The summed E-state index contributed by atoms with van der Waals surface area (Å²) in [5.74, 6) is 1.93. The molecule has 0 aliphatic carbocycles. The lowest BCUT2D eigenvalue weighted by Gasteiger charge is -2.37. The molecule has 2 saturated heterocycles. The Morgan fingerprint density at radius 3 is 2.60 bits per heavy atom. The minimum Gasteiger partial charge on any atom is -0.394 e. The van der Waals surface area contributed by atoms with E-state index in [0.29, 0.717) is 6.54 Å². The molecule has 2 atom stereocenters. The second kappa shape index (κ2) is 5.93. The van der Waals surface area contributed by atoms with Crippen LogP contribution < -0.4 is 9.80 Å². The van der Waals surface area contributed by atoms with Crippen molar-refractivity contribution >= 4 is 11.6 Å². The van der Waals surface area contributed by atoms with Gasteiger partial charge in [0.2, 0.25) is 0 Å². The number of aliphatic hydroxyl groups excluding tert-OH is 1. The van der Waals surface area contributed by atoms with Crippen molar-refractivity contribution in [3.8, 4) is 0 Å². The molecule has 2 aliphatic heterocycles. The molecule has 0 aromatic carbocycles. The van der Waals surface area contributed by atoms with Gasteiger partial charge < -0.3 is 19.6 Å². The number of anilines is 2. The molecule has 2 fully saturated rings. The lowest BCUT2D eigenvalue weighted by atomic mass is 10.2. The largest absolute Gasteiger partial charge is 0.394 e. The standard InChI is InChI=1S/C14H22N4O2/c1-11-7-18(8-12(9-19)20-11)14-6-13(15-10-16-14)17-4-2-3-5-17/h6,10-12,19H,2-5,7-9H2,1H3. The van der Waals surface area contributed by atoms with Crippen molar-refractivity contribution in [3.63, 3.8) is 0 Å². The van der Waals surface area contributed by atoms with Gasteiger partial charge in [0.1, 0.15) is 18.0 Å². The first-order valence-electron chi connectivity index (χ1n) is 7.34. The predicted molar refractivity (Wildman–Crippen MR) is 77.1 cm³/mol. The van der Waals surface area contributed by atoms with Crippen LogP contribution in [0.5, 0.6) is 0 Å². The zero-order chi connectivity index (χ0) is 13.9. The van der Waals surface area contributed by atoms with Gasteiger partial charge in [0.25, 0.3) is 0 Å². The molecular formula is C14H22N4O2. The van der Waals surface area contributed by atoms with E-state index < -0.39 is 0 Å². The molecule has 20 heavy (non-hydrogen) atoms. The van der Waals surface area contributed by atoms with Gasteiger partial charge in [-0.25, -0.2) is 9.97 Å². The maximum absolute atomic E-state index is 9.31. The molecule has 0 spiro atoms. The van der Waals surface area contributed by atoms with Crippen LogP contribution in [-0.4, -0.2) is 60.1 Å². The van der Waals surface area contributed by atoms with Crippen LogP contribution in [0.1, 0.15) is 19.8 Å². The fourth-order valence-corrected chi connectivity index (χ4v) is 2.96. The summed E-state index contributed by atoms with van der Waals surface area (Å²) in [5.41, 5.74) is 0. The minimum atomic E-state index is -0.135. The highest BCUT2D eigenvalue weighted by Gasteiger charge is 2.26. The van der Waals surface area contributed by atoms with Crippen LogP contribution in [0.25, 0.3) is 0 Å². The Bertz CT molecular complexity index is 451. The average Bonchev–Trinajstić information content (AvgIpc) is 3.01. The van der Waals surface area contributed by atoms with Crippen molar-refractivity contribution < 1.29 is 9.84 Å². The number of ether oxygens (including phenoxy) is 1. The molecule has 3 rings (SSSR count). The molecule has 1 N–H and O–H groups in total. The smallest absolute Gasteiger partial charge is 0.134 e. The highest BCUT2D eigenvalue weighted by molar-refractivity contribution is 5.51. The maximum Gasteiger partial charge on any atom is 0.134 e. The fourth-order valence-electron chi connectivity index (χ4n) is 2.96. The van der Waals surface area contributed by atoms with Gasteiger partial charge >= 0.3 is 0 Å². The summed E-state index contributed by atoms with van der Waals surface area (Å²) in [7, 11) is 0. The van der Waals surface area contributed by atoms with Crippen molar-refractivity contribution in [3.05, 3.63) is 12.4 Å². The van der Waals surface area contributed by atoms with Crippen molar-refractivity contribution in [2.24, 2.45) is 0 Å². The van der Waals surface area contributed by atoms with E-state index in [1.54, 1.807) is 6.33 Å². The van der Waals surface area contributed by atoms with E-state index in [1.165, 1.54) is 12.8 Å². The molecule has 0 saturated carbocycles. The van der Waals surface area contributed by atoms with Crippen molar-refractivity contribution in [1.29, 1.82) is 0 Å². The Balaban J connectivity index is 1.77. The highest BCUT2D eigenvalue weighted by Crippen LogP contribution is 2.23. The average molecular weight is 278 g/mol. The quantitative estimate of drug-likeness (QED) is 0.876. The van der Waals surface area contributed by atoms with Gasteiger partial charge in [0, 0.05) is 32.2 Å². The molecule has 2 unspecified atom stereocenters. The monoisotopic (exact) mass is 278 g/mol. The van der Waals surface area contributed by atoms with Crippen LogP contribution in [0.3, 0.4) is 0 Å². The Morgan fingerprint density at radius 1 is 1.20 bits per heavy atom. The second-order valence-electron chi connectivity index (χ2n) is 5.58. The SMILES string of the molecule is CC1CN(c2cc(N3CCCC3)ncn2)CC(CO)O1. The van der Waals surface area contributed by atoms with E-state index >= 15 is 0 Å². The van der Waals surface area contributed by atoms with Crippen LogP contribution >= 0.6 is 0 Å². The first kappa shape index (κ1) is 13.6. The van der Waals surface area contributed by atoms with Gasteiger partial charge in [0.15, 0.2) is 0 Å². The Labute approximate surface area is 119 Å². The second-order valence-corrected chi connectivity index (χ2v) is 5.58. The molecule has 2 aliphatic rings. The minimum absolute atomic E-state index is 0.0465. The Kier molecular flexibility index (Phi) is 4.03. The molecule has 110 valence electrons. The molecule has 0 amide bonds. The molecular weight excluding hydrogens is 256 g/mol. The van der Waals surface area contributed by atoms with Gasteiger partial charge in [-0.1, -0.05) is 0 Å². The number of morpholine rings is 1. The van der Waals surface area contributed by atoms with Crippen LogP contribution in [-0.2, 0) is 4.74 Å². The summed E-state index contributed by atoms with van der Waals surface area (Å²) in [4.78, 5) is 13.3. The van der Waals surface area contributed by atoms with Crippen molar-refractivity contribution in [1.82, 2.24) is 9.97 Å². The first-order valence-corrected chi connectivity index (χ1v) is 7.34. The molecule has 0 radical (unpaired) electrons. The van der Waals surface area contributed by atoms with E-state index in [9.17, 15) is 5.11 Å². The van der Waals surface area contributed by atoms with Gasteiger partial charge in [-0.15, -0.1) is 0 Å². The van der Waals surface area contributed by atoms with Crippen LogP contribution in [0.4, 0.5) is 11.6 Å². The summed E-state index contributed by atoms with van der Waals surface area (Å²) in [5, 5.41) is 9.31. The fraction of sp³-hybridized carbons (Fsp3) is 0.714. The number of hydrogen-bond donors (Lipinski definition) is 1. The topological polar surface area (TPSA) is 61.7 Å². The number of aromatic nitrogens is 2. The molecule has 6 heteroatoms. The number of rotatable bonds is 3. The Morgan fingerprint density at radius 2 is 1.90 bits per heavy atom. The van der Waals surface area contributed by atoms with Crippen LogP contribution in [0.15, 0.2) is 12.4 Å². The van der Waals surface area contributed by atoms with Crippen LogP contribution in [0, 0.1) is 0 Å². The number of hydrogen-bond acceptors (Lipinski definition) is 6. The summed E-state index contributed by atoms with van der Waals surface area (Å²) < 4.78 is 5.67. The van der Waals surface area contributed by atoms with Crippen molar-refractivity contribution in [2.45, 2.75) is 32.0 Å². The summed E-state index contributed by atoms with van der Waals surface area (Å²) in [6.45, 7) is 5.71. The normalized spacial score (nSPS) is 27.1. The van der Waals surface area contributed by atoms with E-state index in [2.05, 4.69) is 25.8 Å². The van der Waals surface area contributed by atoms with Crippen molar-refractivity contribution in [2.75, 3.05) is 42.6 Å². The molecule has 0 bridgehead atoms. The van der Waals surface area contributed by atoms with Gasteiger partial charge in [0.05, 0.1) is 18.8 Å². The third-order valence-electron chi connectivity index (χ3n) is 3.92. The number of aliphatic hydroxyl groups is 1. The van der Waals surface area contributed by atoms with E-state index in [-0.39, 0.29) is 18.8 Å². The molecule has 6 nitrogen and oxygen atoms in total. The Hall–Kier alpha value is -1.40. The lowest BCUT2D eigenvalue weighted by Crippen LogP contribution is -2.48. The van der Waals surface area contributed by atoms with Gasteiger partial charge in [-0.05, 0) is 19.8 Å². The predicted octanol–water partition coefficient (Wildman–Crippen LogP) is 0.663. The van der Waals surface area contributed by atoms with Crippen LogP contribution in [0.2, 0.25) is 0 Å². The van der Waals surface area contributed by atoms with Gasteiger partial charge in [-0.2, -0.15) is 0 Å². The van der Waals surface area contributed by atoms with E-state index in [4.69, 9.17) is 4.74 Å². The van der Waals surface area contributed by atoms with E-state index in [0.717, 1.165) is 31.3 Å². The lowest BCUT2D eigenvalue weighted by molar-refractivity contribution is -0.0423. The van der Waals surface area contributed by atoms with E-state index in [1.807, 2.05) is 6.92 Å². The summed E-state index contributed by atoms with van der Waals surface area (Å²) >= 11 is 0. The maximum atomic E-state index is 9.31. The molecule has 1 aromatic rings. The third kappa shape index (κ3) is 2.86. The highest BCUT2D eigenvalue weighted by atomic mass is 16.5. The van der Waals surface area contributed by atoms with Gasteiger partial charge in [-0.3, -0.25) is 0 Å². The third-order valence-corrected chi connectivity index (χ3v) is 3.92. The molecule has 1 aromatic heterocycles. The molecule has 3 heterocycles. The first-order chi connectivity index (χ1) is 9.76. The zero-order valence-electron chi connectivity index (χ0n) is 11.9. The summed E-state index contributed by atoms with van der Waals surface area (Å²) in [6.07, 6.45) is 4.08. The summed E-state index contributed by atoms with van der Waals surface area (Å²) in [6, 6.07) is 2.05. The zero-order valence-corrected chi connectivity index (χ0v) is 11.9.